The van der Waals surface area contributed by atoms with Gasteiger partial charge in [-0.3, -0.25) is 14.9 Å². The number of rotatable bonds is 3. The Bertz CT molecular complexity index is 790. The van der Waals surface area contributed by atoms with Gasteiger partial charge in [-0.1, -0.05) is 11.6 Å². The number of carbonyl (C=O) groups is 1. The highest BCUT2D eigenvalue weighted by molar-refractivity contribution is 6.32. The number of halogens is 4. The van der Waals surface area contributed by atoms with Crippen LogP contribution in [0.3, 0.4) is 0 Å². The number of alkyl halides is 3. The predicted molar refractivity (Wildman–Crippen MR) is 72.3 cm³/mol. The molecule has 0 radical (unpaired) electrons. The summed E-state index contributed by atoms with van der Waals surface area (Å²) in [5.41, 5.74) is -1.63. The lowest BCUT2D eigenvalue weighted by atomic mass is 10.3. The molecule has 0 atom stereocenters. The summed E-state index contributed by atoms with van der Waals surface area (Å²) < 4.78 is 38.5. The number of nitrogens with one attached hydrogen (secondary N) is 1. The molecule has 0 aliphatic carbocycles. The summed E-state index contributed by atoms with van der Waals surface area (Å²) >= 11 is 5.74. The van der Waals surface area contributed by atoms with Crippen molar-refractivity contribution in [2.24, 2.45) is 0 Å². The molecule has 0 aliphatic heterocycles. The van der Waals surface area contributed by atoms with Gasteiger partial charge in [0.05, 0.1) is 15.5 Å². The van der Waals surface area contributed by atoms with Gasteiger partial charge in [-0.2, -0.15) is 13.2 Å². The normalized spacial score (nSPS) is 11.3. The summed E-state index contributed by atoms with van der Waals surface area (Å²) in [6.45, 7) is 1.12. The van der Waals surface area contributed by atoms with Gasteiger partial charge >= 0.3 is 11.9 Å². The minimum atomic E-state index is -4.63. The number of aromatic nitrogens is 3. The molecule has 2 aromatic heterocycles. The molecule has 23 heavy (non-hydrogen) atoms. The third-order valence-electron chi connectivity index (χ3n) is 2.55. The fourth-order valence-corrected chi connectivity index (χ4v) is 1.87. The quantitative estimate of drug-likeness (QED) is 0.678. The molecular formula is C11H7ClF3N5O3. The fourth-order valence-electron chi connectivity index (χ4n) is 1.62. The first-order chi connectivity index (χ1) is 10.6. The lowest BCUT2D eigenvalue weighted by Gasteiger charge is -2.08. The van der Waals surface area contributed by atoms with Crippen LogP contribution in [0.15, 0.2) is 18.5 Å². The molecule has 0 fully saturated rings. The Morgan fingerprint density at radius 1 is 1.48 bits per heavy atom. The van der Waals surface area contributed by atoms with E-state index in [0.29, 0.717) is 12.3 Å². The molecule has 2 heterocycles. The first kappa shape index (κ1) is 16.7. The molecule has 1 N–H and O–H groups in total. The number of hydrogen-bond donors (Lipinski definition) is 1. The summed E-state index contributed by atoms with van der Waals surface area (Å²) in [5, 5.41) is 16.4. The van der Waals surface area contributed by atoms with Crippen LogP contribution < -0.4 is 5.32 Å². The lowest BCUT2D eigenvalue weighted by Crippen LogP contribution is -2.09. The van der Waals surface area contributed by atoms with Crippen LogP contribution in [-0.4, -0.2) is 25.6 Å². The van der Waals surface area contributed by atoms with Crippen molar-refractivity contribution >= 4 is 29.0 Å². The highest BCUT2D eigenvalue weighted by Crippen LogP contribution is 2.32. The Labute approximate surface area is 131 Å². The van der Waals surface area contributed by atoms with Gasteiger partial charge in [0.15, 0.2) is 5.82 Å². The summed E-state index contributed by atoms with van der Waals surface area (Å²) in [6, 6.07) is 0.621. The van der Waals surface area contributed by atoms with Gasteiger partial charge in [-0.05, 0) is 6.07 Å². The van der Waals surface area contributed by atoms with E-state index >= 15 is 0 Å². The van der Waals surface area contributed by atoms with Gasteiger partial charge in [0.2, 0.25) is 11.7 Å². The number of nitrogens with zero attached hydrogens (tertiary/aromatic N) is 4. The maximum Gasteiger partial charge on any atom is 0.417 e. The summed E-state index contributed by atoms with van der Waals surface area (Å²) in [7, 11) is 0. The minimum Gasteiger partial charge on any atom is -0.304 e. The van der Waals surface area contributed by atoms with Crippen LogP contribution in [0.5, 0.6) is 0 Å². The van der Waals surface area contributed by atoms with Crippen molar-refractivity contribution in [2.45, 2.75) is 13.1 Å². The molecule has 2 rings (SSSR count). The van der Waals surface area contributed by atoms with E-state index in [-0.39, 0.29) is 11.6 Å². The van der Waals surface area contributed by atoms with Gasteiger partial charge < -0.3 is 5.32 Å². The van der Waals surface area contributed by atoms with Crippen molar-refractivity contribution < 1.29 is 22.9 Å². The Balaban J connectivity index is 2.50. The zero-order chi connectivity index (χ0) is 17.4. The summed E-state index contributed by atoms with van der Waals surface area (Å²) in [4.78, 5) is 24.6. The molecule has 0 spiro atoms. The molecule has 0 aliphatic rings. The fraction of sp³-hybridized carbons (Fsp3) is 0.182. The molecule has 1 amide bonds. The van der Waals surface area contributed by atoms with E-state index in [9.17, 15) is 28.1 Å². The number of pyridine rings is 1. The Hall–Kier alpha value is -2.69. The van der Waals surface area contributed by atoms with Crippen molar-refractivity contribution in [2.75, 3.05) is 5.32 Å². The molecule has 122 valence electrons. The second-order valence-electron chi connectivity index (χ2n) is 4.27. The predicted octanol–water partition coefficient (Wildman–Crippen LogP) is 2.81. The van der Waals surface area contributed by atoms with Crippen molar-refractivity contribution in [1.29, 1.82) is 0 Å². The van der Waals surface area contributed by atoms with Crippen LogP contribution in [0, 0.1) is 10.1 Å². The number of anilines is 1. The molecule has 0 unspecified atom stereocenters. The smallest absolute Gasteiger partial charge is 0.304 e. The van der Waals surface area contributed by atoms with E-state index in [0.717, 1.165) is 17.8 Å². The first-order valence-electron chi connectivity index (χ1n) is 5.84. The Morgan fingerprint density at radius 3 is 2.61 bits per heavy atom. The number of hydrogen-bond acceptors (Lipinski definition) is 5. The van der Waals surface area contributed by atoms with Crippen molar-refractivity contribution in [3.63, 3.8) is 0 Å². The van der Waals surface area contributed by atoms with Gasteiger partial charge in [0.25, 0.3) is 0 Å². The second-order valence-corrected chi connectivity index (χ2v) is 4.68. The highest BCUT2D eigenvalue weighted by atomic mass is 35.5. The van der Waals surface area contributed by atoms with Crippen LogP contribution in [0.1, 0.15) is 12.5 Å². The van der Waals surface area contributed by atoms with E-state index < -0.39 is 33.3 Å². The van der Waals surface area contributed by atoms with E-state index in [1.807, 2.05) is 0 Å². The molecule has 2 aromatic rings. The zero-order valence-electron chi connectivity index (χ0n) is 11.3. The SMILES string of the molecule is CC(=O)Nc1nn(-c2ncc(C(F)(F)F)cc2Cl)cc1[N+](=O)[O-]. The monoisotopic (exact) mass is 349 g/mol. The summed E-state index contributed by atoms with van der Waals surface area (Å²) in [6.07, 6.45) is -3.23. The maximum atomic E-state index is 12.6. The molecular weight excluding hydrogens is 343 g/mol. The second kappa shape index (κ2) is 5.83. The van der Waals surface area contributed by atoms with Gasteiger partial charge in [0, 0.05) is 13.1 Å². The Morgan fingerprint density at radius 2 is 2.13 bits per heavy atom. The first-order valence-corrected chi connectivity index (χ1v) is 6.22. The van der Waals surface area contributed by atoms with Crippen LogP contribution in [0.4, 0.5) is 24.7 Å². The average molecular weight is 350 g/mol. The Kier molecular flexibility index (Phi) is 4.23. The van der Waals surface area contributed by atoms with Gasteiger partial charge in [-0.25, -0.2) is 9.67 Å². The molecule has 8 nitrogen and oxygen atoms in total. The van der Waals surface area contributed by atoms with Crippen LogP contribution in [0.25, 0.3) is 5.82 Å². The highest BCUT2D eigenvalue weighted by Gasteiger charge is 2.32. The van der Waals surface area contributed by atoms with E-state index in [1.165, 1.54) is 0 Å². The van der Waals surface area contributed by atoms with Crippen LogP contribution >= 0.6 is 11.6 Å². The van der Waals surface area contributed by atoms with Crippen LogP contribution in [-0.2, 0) is 11.0 Å². The third kappa shape index (κ3) is 3.56. The van der Waals surface area contributed by atoms with Crippen LogP contribution in [0.2, 0.25) is 5.02 Å². The minimum absolute atomic E-state index is 0.251. The third-order valence-corrected chi connectivity index (χ3v) is 2.83. The molecule has 0 aromatic carbocycles. The van der Waals surface area contributed by atoms with Crippen molar-refractivity contribution in [1.82, 2.24) is 14.8 Å². The van der Waals surface area contributed by atoms with Crippen molar-refractivity contribution in [3.8, 4) is 5.82 Å². The maximum absolute atomic E-state index is 12.6. The molecule has 0 saturated heterocycles. The topological polar surface area (TPSA) is 103 Å². The van der Waals surface area contributed by atoms with E-state index in [4.69, 9.17) is 11.6 Å². The number of nitro groups is 1. The zero-order valence-corrected chi connectivity index (χ0v) is 12.0. The van der Waals surface area contributed by atoms with E-state index in [1.54, 1.807) is 0 Å². The summed E-state index contributed by atoms with van der Waals surface area (Å²) in [5.74, 6) is -1.23. The number of amides is 1. The number of carbonyl (C=O) groups excluding carboxylic acids is 1. The van der Waals surface area contributed by atoms with Crippen molar-refractivity contribution in [3.05, 3.63) is 39.2 Å². The molecule has 12 heteroatoms. The van der Waals surface area contributed by atoms with E-state index in [2.05, 4.69) is 15.4 Å². The molecule has 0 saturated carbocycles. The standard InChI is InChI=1S/C11H7ClF3N5O3/c1-5(21)17-9-8(20(22)23)4-19(18-9)10-7(12)2-6(3-16-10)11(13,14)15/h2-4H,1H3,(H,17,18,21). The van der Waals surface area contributed by atoms with Gasteiger partial charge in [-0.15, -0.1) is 5.10 Å². The lowest BCUT2D eigenvalue weighted by molar-refractivity contribution is -0.384. The largest absolute Gasteiger partial charge is 0.417 e. The average Bonchev–Trinajstić information content (AvgIpc) is 2.80. The molecule has 0 bridgehead atoms. The van der Waals surface area contributed by atoms with Gasteiger partial charge in [0.1, 0.15) is 6.20 Å².